The molecule has 7 heteroatoms. The highest BCUT2D eigenvalue weighted by atomic mass is 32.1. The van der Waals surface area contributed by atoms with E-state index >= 15 is 0 Å². The third-order valence-electron chi connectivity index (χ3n) is 6.57. The summed E-state index contributed by atoms with van der Waals surface area (Å²) in [7, 11) is 1.37. The zero-order valence-corrected chi connectivity index (χ0v) is 19.3. The van der Waals surface area contributed by atoms with Gasteiger partial charge in [-0.15, -0.1) is 11.3 Å². The zero-order valence-electron chi connectivity index (χ0n) is 18.4. The first-order valence-electron chi connectivity index (χ1n) is 10.7. The van der Waals surface area contributed by atoms with Gasteiger partial charge in [0.1, 0.15) is 11.2 Å². The molecule has 0 fully saturated rings. The molecule has 1 aliphatic carbocycles. The predicted molar refractivity (Wildman–Crippen MR) is 126 cm³/mol. The van der Waals surface area contributed by atoms with Crippen LogP contribution in [0.5, 0.6) is 0 Å². The van der Waals surface area contributed by atoms with Crippen LogP contribution in [0, 0.1) is 11.3 Å². The summed E-state index contributed by atoms with van der Waals surface area (Å²) in [6, 6.07) is 7.11. The number of methoxy groups -OCH3 is 1. The first kappa shape index (κ1) is 21.4. The van der Waals surface area contributed by atoms with Gasteiger partial charge in [0.25, 0.3) is 0 Å². The Hall–Kier alpha value is -2.80. The molecule has 1 unspecified atom stereocenters. The lowest BCUT2D eigenvalue weighted by Crippen LogP contribution is -2.28. The number of nitrogens with zero attached hydrogens (tertiary/aromatic N) is 3. The number of thiophene rings is 1. The summed E-state index contributed by atoms with van der Waals surface area (Å²) < 4.78 is 4.73. The number of hydrogen-bond acceptors (Lipinski definition) is 7. The van der Waals surface area contributed by atoms with Crippen molar-refractivity contribution in [1.29, 1.82) is 0 Å². The van der Waals surface area contributed by atoms with Crippen LogP contribution in [0.3, 0.4) is 0 Å². The molecule has 1 aromatic carbocycles. The molecule has 2 aromatic heterocycles. The van der Waals surface area contributed by atoms with Gasteiger partial charge in [-0.25, -0.2) is 14.8 Å². The summed E-state index contributed by atoms with van der Waals surface area (Å²) in [5.74, 6) is 1.06. The van der Waals surface area contributed by atoms with E-state index in [0.29, 0.717) is 16.9 Å². The first-order chi connectivity index (χ1) is 14.9. The van der Waals surface area contributed by atoms with Crippen LogP contribution in [0.1, 0.15) is 60.0 Å². The fraction of sp³-hybridized carbons (Fsp3) is 0.417. The maximum absolute atomic E-state index is 11.6. The molecule has 1 N–H and O–H groups in total. The normalized spacial score (nSPS) is 16.5. The van der Waals surface area contributed by atoms with Gasteiger partial charge in [0.2, 0.25) is 0 Å². The van der Waals surface area contributed by atoms with E-state index in [0.717, 1.165) is 34.4 Å². The van der Waals surface area contributed by atoms with Crippen LogP contribution in [0.2, 0.25) is 0 Å². The topological polar surface area (TPSA) is 76.5 Å². The first-order valence-corrected chi connectivity index (χ1v) is 11.5. The molecule has 162 valence electrons. The molecule has 6 nitrogen and oxygen atoms in total. The number of fused-ring (bicyclic) bond motifs is 3. The van der Waals surface area contributed by atoms with Crippen LogP contribution < -0.4 is 5.43 Å². The molecule has 0 amide bonds. The second-order valence-electron chi connectivity index (χ2n) is 8.67. The number of benzene rings is 1. The van der Waals surface area contributed by atoms with Crippen molar-refractivity contribution in [2.24, 2.45) is 16.4 Å². The highest BCUT2D eigenvalue weighted by Crippen LogP contribution is 2.45. The van der Waals surface area contributed by atoms with Gasteiger partial charge < -0.3 is 4.74 Å². The minimum absolute atomic E-state index is 0.323. The predicted octanol–water partition coefficient (Wildman–Crippen LogP) is 5.47. The summed E-state index contributed by atoms with van der Waals surface area (Å²) in [5.41, 5.74) is 6.22. The van der Waals surface area contributed by atoms with Crippen LogP contribution in [0.25, 0.3) is 10.2 Å². The molecule has 0 saturated heterocycles. The Morgan fingerprint density at radius 3 is 2.81 bits per heavy atom. The number of aromatic nitrogens is 2. The van der Waals surface area contributed by atoms with E-state index in [4.69, 9.17) is 4.74 Å². The van der Waals surface area contributed by atoms with Crippen LogP contribution in [0.4, 0.5) is 5.82 Å². The van der Waals surface area contributed by atoms with E-state index in [2.05, 4.69) is 41.3 Å². The molecule has 3 aromatic rings. The zero-order chi connectivity index (χ0) is 22.0. The number of carbonyl (C=O) groups is 1. The average molecular weight is 437 g/mol. The minimum Gasteiger partial charge on any atom is -0.465 e. The number of anilines is 1. The molecule has 0 spiro atoms. The number of hydrazone groups is 1. The third-order valence-corrected chi connectivity index (χ3v) is 7.77. The molecule has 0 radical (unpaired) electrons. The fourth-order valence-corrected chi connectivity index (χ4v) is 5.32. The monoisotopic (exact) mass is 436 g/mol. The van der Waals surface area contributed by atoms with Crippen molar-refractivity contribution in [2.75, 3.05) is 12.5 Å². The second-order valence-corrected chi connectivity index (χ2v) is 9.76. The Kier molecular flexibility index (Phi) is 6.05. The number of esters is 1. The number of carbonyl (C=O) groups excluding carboxylic acids is 1. The lowest BCUT2D eigenvalue weighted by Gasteiger charge is -2.36. The van der Waals surface area contributed by atoms with Gasteiger partial charge in [-0.05, 0) is 53.9 Å². The summed E-state index contributed by atoms with van der Waals surface area (Å²) >= 11 is 1.78. The van der Waals surface area contributed by atoms with Gasteiger partial charge in [0.05, 0.1) is 24.3 Å². The van der Waals surface area contributed by atoms with Crippen LogP contribution in [-0.2, 0) is 17.6 Å². The summed E-state index contributed by atoms with van der Waals surface area (Å²) in [4.78, 5) is 23.0. The van der Waals surface area contributed by atoms with Crippen molar-refractivity contribution in [2.45, 2.75) is 46.5 Å². The number of hydrogen-bond donors (Lipinski definition) is 1. The van der Waals surface area contributed by atoms with Crippen molar-refractivity contribution in [3.8, 4) is 0 Å². The van der Waals surface area contributed by atoms with Gasteiger partial charge >= 0.3 is 5.97 Å². The molecule has 4 rings (SSSR count). The molecule has 2 heterocycles. The summed E-state index contributed by atoms with van der Waals surface area (Å²) in [6.07, 6.45) is 7.90. The van der Waals surface area contributed by atoms with Crippen molar-refractivity contribution < 1.29 is 9.53 Å². The lowest BCUT2D eigenvalue weighted by molar-refractivity contribution is 0.0600. The third kappa shape index (κ3) is 4.32. The van der Waals surface area contributed by atoms with E-state index < -0.39 is 0 Å². The van der Waals surface area contributed by atoms with E-state index in [1.807, 2.05) is 12.1 Å². The SMILES string of the molecule is CCC(C)(C)C1CCc2sc3ncnc(N/N=C/c4ccc(C(=O)OC)cc4)c3c2C1. The Morgan fingerprint density at radius 1 is 1.32 bits per heavy atom. The van der Waals surface area contributed by atoms with Gasteiger partial charge in [0, 0.05) is 4.88 Å². The van der Waals surface area contributed by atoms with Crippen LogP contribution in [-0.4, -0.2) is 29.3 Å². The Balaban J connectivity index is 1.57. The molecule has 31 heavy (non-hydrogen) atoms. The van der Waals surface area contributed by atoms with E-state index in [9.17, 15) is 4.79 Å². The van der Waals surface area contributed by atoms with Gasteiger partial charge in [-0.2, -0.15) is 5.10 Å². The van der Waals surface area contributed by atoms with Crippen molar-refractivity contribution >= 4 is 39.6 Å². The van der Waals surface area contributed by atoms with Crippen LogP contribution >= 0.6 is 11.3 Å². The largest absolute Gasteiger partial charge is 0.465 e. The molecular weight excluding hydrogens is 408 g/mol. The lowest BCUT2D eigenvalue weighted by atomic mass is 9.69. The van der Waals surface area contributed by atoms with Gasteiger partial charge in [0.15, 0.2) is 5.82 Å². The highest BCUT2D eigenvalue weighted by Gasteiger charge is 2.33. The maximum atomic E-state index is 11.6. The second kappa shape index (κ2) is 8.75. The summed E-state index contributed by atoms with van der Waals surface area (Å²) in [6.45, 7) is 7.04. The van der Waals surface area contributed by atoms with E-state index in [1.54, 1.807) is 36.0 Å². The molecular formula is C24H28N4O2S. The molecule has 1 aliphatic rings. The number of nitrogens with one attached hydrogen (secondary N) is 1. The molecule has 0 bridgehead atoms. The highest BCUT2D eigenvalue weighted by molar-refractivity contribution is 7.19. The number of rotatable bonds is 6. The average Bonchev–Trinajstić information content (AvgIpc) is 3.17. The number of ether oxygens (including phenoxy) is 1. The maximum Gasteiger partial charge on any atom is 0.337 e. The minimum atomic E-state index is -0.350. The van der Waals surface area contributed by atoms with Gasteiger partial charge in [-0.3, -0.25) is 5.43 Å². The Morgan fingerprint density at radius 2 is 2.10 bits per heavy atom. The number of aryl methyl sites for hydroxylation is 1. The smallest absolute Gasteiger partial charge is 0.337 e. The fourth-order valence-electron chi connectivity index (χ4n) is 4.14. The summed E-state index contributed by atoms with van der Waals surface area (Å²) in [5, 5.41) is 5.50. The van der Waals surface area contributed by atoms with Crippen LogP contribution in [0.15, 0.2) is 35.7 Å². The molecule has 1 atom stereocenters. The Bertz CT molecular complexity index is 1120. The molecule has 0 aliphatic heterocycles. The van der Waals surface area contributed by atoms with Crippen molar-refractivity contribution in [3.05, 3.63) is 52.2 Å². The van der Waals surface area contributed by atoms with E-state index in [1.165, 1.54) is 30.4 Å². The van der Waals surface area contributed by atoms with Gasteiger partial charge in [-0.1, -0.05) is 39.3 Å². The molecule has 0 saturated carbocycles. The van der Waals surface area contributed by atoms with Crippen molar-refractivity contribution in [3.63, 3.8) is 0 Å². The quantitative estimate of drug-likeness (QED) is 0.315. The standard InChI is InChI=1S/C24H28N4O2S/c1-5-24(2,3)17-10-11-19-18(12-17)20-21(25-14-26-22(20)31-19)28-27-13-15-6-8-16(9-7-15)23(29)30-4/h6-9,13-14,17H,5,10-12H2,1-4H3,(H,25,26,28)/b27-13+. The Labute approximate surface area is 186 Å². The van der Waals surface area contributed by atoms with E-state index in [-0.39, 0.29) is 5.97 Å². The van der Waals surface area contributed by atoms with Crippen molar-refractivity contribution in [1.82, 2.24) is 9.97 Å².